The van der Waals surface area contributed by atoms with Gasteiger partial charge in [0.2, 0.25) is 0 Å². The van der Waals surface area contributed by atoms with E-state index in [1.54, 1.807) is 14.0 Å². The Kier molecular flexibility index (Phi) is 3.22. The highest BCUT2D eigenvalue weighted by Crippen LogP contribution is 2.12. The van der Waals surface area contributed by atoms with Gasteiger partial charge in [0.15, 0.2) is 0 Å². The van der Waals surface area contributed by atoms with Crippen molar-refractivity contribution < 1.29 is 4.74 Å². The van der Waals surface area contributed by atoms with E-state index in [4.69, 9.17) is 4.74 Å². The molecule has 0 aliphatic carbocycles. The Morgan fingerprint density at radius 2 is 2.23 bits per heavy atom. The van der Waals surface area contributed by atoms with E-state index in [0.717, 1.165) is 0 Å². The van der Waals surface area contributed by atoms with Crippen LogP contribution < -0.4 is 5.56 Å². The van der Waals surface area contributed by atoms with Crippen LogP contribution in [0.3, 0.4) is 0 Å². The molecule has 1 atom stereocenters. The summed E-state index contributed by atoms with van der Waals surface area (Å²) in [5, 5.41) is 0. The second-order valence-electron chi connectivity index (χ2n) is 2.73. The van der Waals surface area contributed by atoms with Gasteiger partial charge >= 0.3 is 0 Å². The SMILES string of the molecule is COC(C)c1nc(C)c(Br)c(=O)[nH]1. The zero-order chi connectivity index (χ0) is 10.0. The monoisotopic (exact) mass is 246 g/mol. The maximum absolute atomic E-state index is 11.3. The van der Waals surface area contributed by atoms with Crippen molar-refractivity contribution in [1.29, 1.82) is 0 Å². The van der Waals surface area contributed by atoms with Crippen LogP contribution in [0.2, 0.25) is 0 Å². The van der Waals surface area contributed by atoms with Gasteiger partial charge in [0.1, 0.15) is 16.4 Å². The molecular formula is C8H11BrN2O2. The number of aryl methyl sites for hydroxylation is 1. The molecule has 4 nitrogen and oxygen atoms in total. The number of aromatic amines is 1. The average Bonchev–Trinajstić information content (AvgIpc) is 2.12. The van der Waals surface area contributed by atoms with Crippen LogP contribution in [0, 0.1) is 6.92 Å². The summed E-state index contributed by atoms with van der Waals surface area (Å²) in [7, 11) is 1.57. The van der Waals surface area contributed by atoms with Crippen molar-refractivity contribution in [3.05, 3.63) is 26.3 Å². The number of aromatic nitrogens is 2. The molecule has 0 saturated carbocycles. The largest absolute Gasteiger partial charge is 0.374 e. The van der Waals surface area contributed by atoms with Gasteiger partial charge in [-0.2, -0.15) is 0 Å². The summed E-state index contributed by atoms with van der Waals surface area (Å²) in [5.74, 6) is 0.549. The van der Waals surface area contributed by atoms with Crippen molar-refractivity contribution in [3.8, 4) is 0 Å². The molecule has 5 heteroatoms. The summed E-state index contributed by atoms with van der Waals surface area (Å²) in [6, 6.07) is 0. The molecule has 0 radical (unpaired) electrons. The van der Waals surface area contributed by atoms with Crippen LogP contribution in [0.4, 0.5) is 0 Å². The van der Waals surface area contributed by atoms with E-state index in [1.165, 1.54) is 0 Å². The molecule has 1 heterocycles. The third-order valence-electron chi connectivity index (χ3n) is 1.79. The quantitative estimate of drug-likeness (QED) is 0.862. The van der Waals surface area contributed by atoms with Crippen LogP contribution in [0.5, 0.6) is 0 Å². The molecule has 0 bridgehead atoms. The Hall–Kier alpha value is -0.680. The number of methoxy groups -OCH3 is 1. The Morgan fingerprint density at radius 3 is 2.69 bits per heavy atom. The van der Waals surface area contributed by atoms with Gasteiger partial charge in [-0.1, -0.05) is 0 Å². The molecule has 72 valence electrons. The Labute approximate surface area is 84.5 Å². The molecular weight excluding hydrogens is 236 g/mol. The Bertz CT molecular complexity index is 362. The van der Waals surface area contributed by atoms with Gasteiger partial charge in [0.05, 0.1) is 5.69 Å². The molecule has 1 aromatic heterocycles. The van der Waals surface area contributed by atoms with Crippen molar-refractivity contribution in [3.63, 3.8) is 0 Å². The lowest BCUT2D eigenvalue weighted by Gasteiger charge is -2.09. The highest BCUT2D eigenvalue weighted by atomic mass is 79.9. The first-order chi connectivity index (χ1) is 6.06. The van der Waals surface area contributed by atoms with Crippen molar-refractivity contribution in [2.75, 3.05) is 7.11 Å². The van der Waals surface area contributed by atoms with Crippen molar-refractivity contribution in [1.82, 2.24) is 9.97 Å². The second-order valence-corrected chi connectivity index (χ2v) is 3.52. The van der Waals surface area contributed by atoms with Crippen LogP contribution >= 0.6 is 15.9 Å². The molecule has 13 heavy (non-hydrogen) atoms. The van der Waals surface area contributed by atoms with E-state index in [0.29, 0.717) is 16.0 Å². The van der Waals surface area contributed by atoms with Crippen molar-refractivity contribution >= 4 is 15.9 Å². The zero-order valence-electron chi connectivity index (χ0n) is 7.72. The molecule has 1 aromatic rings. The van der Waals surface area contributed by atoms with Gasteiger partial charge < -0.3 is 9.72 Å². The summed E-state index contributed by atoms with van der Waals surface area (Å²) in [5.41, 5.74) is 0.494. The van der Waals surface area contributed by atoms with E-state index in [-0.39, 0.29) is 11.7 Å². The van der Waals surface area contributed by atoms with Crippen LogP contribution in [0.25, 0.3) is 0 Å². The van der Waals surface area contributed by atoms with Gasteiger partial charge in [0, 0.05) is 7.11 Å². The molecule has 0 aliphatic rings. The normalized spacial score (nSPS) is 12.9. The zero-order valence-corrected chi connectivity index (χ0v) is 9.31. The van der Waals surface area contributed by atoms with Crippen LogP contribution in [-0.4, -0.2) is 17.1 Å². The lowest BCUT2D eigenvalue weighted by molar-refractivity contribution is 0.111. The smallest absolute Gasteiger partial charge is 0.265 e. The van der Waals surface area contributed by atoms with Gasteiger partial charge in [-0.25, -0.2) is 4.98 Å². The number of nitrogens with one attached hydrogen (secondary N) is 1. The van der Waals surface area contributed by atoms with Crippen LogP contribution in [-0.2, 0) is 4.74 Å². The first-order valence-electron chi connectivity index (χ1n) is 3.85. The first-order valence-corrected chi connectivity index (χ1v) is 4.64. The summed E-state index contributed by atoms with van der Waals surface area (Å²) >= 11 is 3.14. The molecule has 0 spiro atoms. The standard InChI is InChI=1S/C8H11BrN2O2/c1-4-6(9)8(12)11-7(10-4)5(2)13-3/h5H,1-3H3,(H,10,11,12). The third kappa shape index (κ3) is 2.16. The topological polar surface area (TPSA) is 55.0 Å². The molecule has 0 saturated heterocycles. The number of hydrogen-bond donors (Lipinski definition) is 1. The van der Waals surface area contributed by atoms with Gasteiger partial charge in [-0.05, 0) is 29.8 Å². The number of nitrogens with zero attached hydrogens (tertiary/aromatic N) is 1. The van der Waals surface area contributed by atoms with Crippen LogP contribution in [0.15, 0.2) is 9.27 Å². The summed E-state index contributed by atoms with van der Waals surface area (Å²) in [4.78, 5) is 18.1. The van der Waals surface area contributed by atoms with Crippen molar-refractivity contribution in [2.24, 2.45) is 0 Å². The van der Waals surface area contributed by atoms with Crippen LogP contribution in [0.1, 0.15) is 24.5 Å². The predicted octanol–water partition coefficient (Wildman–Crippen LogP) is 1.55. The summed E-state index contributed by atoms with van der Waals surface area (Å²) in [6.07, 6.45) is -0.195. The van der Waals surface area contributed by atoms with E-state index in [1.807, 2.05) is 6.92 Å². The average molecular weight is 247 g/mol. The minimum atomic E-state index is -0.195. The number of halogens is 1. The highest BCUT2D eigenvalue weighted by Gasteiger charge is 2.10. The molecule has 1 unspecified atom stereocenters. The predicted molar refractivity (Wildman–Crippen MR) is 52.7 cm³/mol. The minimum absolute atomic E-state index is 0.175. The Balaban J connectivity index is 3.21. The molecule has 0 aromatic carbocycles. The maximum Gasteiger partial charge on any atom is 0.265 e. The molecule has 0 fully saturated rings. The minimum Gasteiger partial charge on any atom is -0.374 e. The number of hydrogen-bond acceptors (Lipinski definition) is 3. The highest BCUT2D eigenvalue weighted by molar-refractivity contribution is 9.10. The molecule has 0 amide bonds. The van der Waals surface area contributed by atoms with E-state index < -0.39 is 0 Å². The lowest BCUT2D eigenvalue weighted by Crippen LogP contribution is -2.16. The summed E-state index contributed by atoms with van der Waals surface area (Å²) in [6.45, 7) is 3.59. The van der Waals surface area contributed by atoms with Crippen molar-refractivity contribution in [2.45, 2.75) is 20.0 Å². The van der Waals surface area contributed by atoms with Gasteiger partial charge in [0.25, 0.3) is 5.56 Å². The second kappa shape index (κ2) is 4.02. The van der Waals surface area contributed by atoms with E-state index in [2.05, 4.69) is 25.9 Å². The molecule has 1 rings (SSSR count). The summed E-state index contributed by atoms with van der Waals surface area (Å²) < 4.78 is 5.51. The fourth-order valence-electron chi connectivity index (χ4n) is 0.897. The first kappa shape index (κ1) is 10.4. The number of H-pyrrole nitrogens is 1. The maximum atomic E-state index is 11.3. The fourth-order valence-corrected chi connectivity index (χ4v) is 1.09. The Morgan fingerprint density at radius 1 is 1.62 bits per heavy atom. The van der Waals surface area contributed by atoms with Gasteiger partial charge in [-0.15, -0.1) is 0 Å². The molecule has 0 aliphatic heterocycles. The number of ether oxygens (including phenoxy) is 1. The van der Waals surface area contributed by atoms with E-state index in [9.17, 15) is 4.79 Å². The fraction of sp³-hybridized carbons (Fsp3) is 0.500. The lowest BCUT2D eigenvalue weighted by atomic mass is 10.3. The number of rotatable bonds is 2. The van der Waals surface area contributed by atoms with Gasteiger partial charge in [-0.3, -0.25) is 4.79 Å². The third-order valence-corrected chi connectivity index (χ3v) is 2.72. The van der Waals surface area contributed by atoms with E-state index >= 15 is 0 Å². The molecule has 1 N–H and O–H groups in total.